The van der Waals surface area contributed by atoms with Gasteiger partial charge in [0.25, 0.3) is 0 Å². The van der Waals surface area contributed by atoms with Gasteiger partial charge in [-0.15, -0.1) is 0 Å². The number of esters is 3. The number of hydrogen-bond acceptors (Lipinski definition) is 13. The lowest BCUT2D eigenvalue weighted by Gasteiger charge is -2.69. The highest BCUT2D eigenvalue weighted by molar-refractivity contribution is 5.89. The molecule has 2 bridgehead atoms. The number of aliphatic hydroxyl groups excluding tert-OH is 4. The average Bonchev–Trinajstić information content (AvgIpc) is 3.05. The number of ether oxygens (including phenoxy) is 4. The van der Waals surface area contributed by atoms with Crippen LogP contribution in [0.25, 0.3) is 0 Å². The summed E-state index contributed by atoms with van der Waals surface area (Å²) in [5, 5.41) is 63.1. The summed E-state index contributed by atoms with van der Waals surface area (Å²) in [7, 11) is 0. The number of aliphatic hydroxyl groups is 5. The Morgan fingerprint density at radius 1 is 1.00 bits per heavy atom. The number of hydrogen-bond donors (Lipinski definition) is 6. The van der Waals surface area contributed by atoms with E-state index in [4.69, 9.17) is 18.9 Å². The van der Waals surface area contributed by atoms with E-state index in [2.05, 4.69) is 5.32 Å². The molecule has 14 nitrogen and oxygen atoms in total. The van der Waals surface area contributed by atoms with Crippen molar-refractivity contribution in [3.8, 4) is 0 Å². The van der Waals surface area contributed by atoms with Gasteiger partial charge in [-0.05, 0) is 44.1 Å². The molecule has 1 aromatic rings. The summed E-state index contributed by atoms with van der Waals surface area (Å²) in [4.78, 5) is 52.3. The van der Waals surface area contributed by atoms with Crippen LogP contribution in [0.5, 0.6) is 0 Å². The van der Waals surface area contributed by atoms with Crippen LogP contribution in [0.3, 0.4) is 0 Å². The predicted octanol–water partition coefficient (Wildman–Crippen LogP) is 1.26. The third-order valence-corrected chi connectivity index (χ3v) is 11.9. The molecular formula is C38H51NO13. The van der Waals surface area contributed by atoms with Crippen LogP contribution in [0.4, 0.5) is 0 Å². The summed E-state index contributed by atoms with van der Waals surface area (Å²) in [6.45, 7) is 11.8. The standard InChI is InChI=1S/C38H51NO13/c1-18(2)14-23(39-20(4)40)28(43)34(47)50-24-16-38(48)32(51-33(46)22-12-10-9-11-13-22)30-36(8,31(45)29(44)27(19(24)3)35(38,6)7)25(42)15-26-37(30,17-49-26)52-21(5)41/h9-14,23-26,28-32,42-45,48H,15-17H2,1-8H3,(H,39,40)/t23-,24-,25-,26+,28+,29+,30-,31+,32-,36+,37-,38+/m0/s1. The van der Waals surface area contributed by atoms with Crippen molar-refractivity contribution in [3.63, 3.8) is 0 Å². The molecule has 0 spiro atoms. The molecule has 5 rings (SSSR count). The first-order valence-corrected chi connectivity index (χ1v) is 17.5. The molecule has 0 aromatic heterocycles. The normalized spacial score (nSPS) is 37.3. The van der Waals surface area contributed by atoms with E-state index in [-0.39, 0.29) is 29.7 Å². The number of nitrogens with one attached hydrogen (secondary N) is 1. The van der Waals surface area contributed by atoms with Crippen molar-refractivity contribution in [3.05, 3.63) is 58.7 Å². The van der Waals surface area contributed by atoms with E-state index in [9.17, 15) is 44.7 Å². The molecule has 6 N–H and O–H groups in total. The molecule has 0 radical (unpaired) electrons. The molecule has 12 atom stereocenters. The van der Waals surface area contributed by atoms with Gasteiger partial charge < -0.3 is 49.8 Å². The van der Waals surface area contributed by atoms with Gasteiger partial charge in [0.1, 0.15) is 30.0 Å². The second kappa shape index (κ2) is 14.0. The molecule has 3 fully saturated rings. The third-order valence-electron chi connectivity index (χ3n) is 11.9. The van der Waals surface area contributed by atoms with E-state index >= 15 is 0 Å². The molecule has 1 aromatic carbocycles. The van der Waals surface area contributed by atoms with Crippen LogP contribution in [-0.4, -0.2) is 116 Å². The lowest BCUT2D eigenvalue weighted by atomic mass is 9.44. The van der Waals surface area contributed by atoms with Crippen LogP contribution in [0.15, 0.2) is 53.1 Å². The number of fused-ring (bicyclic) bond motifs is 5. The van der Waals surface area contributed by atoms with Gasteiger partial charge in [-0.25, -0.2) is 9.59 Å². The first kappa shape index (κ1) is 39.5. The smallest absolute Gasteiger partial charge is 0.338 e. The van der Waals surface area contributed by atoms with Gasteiger partial charge in [0.05, 0.1) is 36.3 Å². The summed E-state index contributed by atoms with van der Waals surface area (Å²) in [5.41, 5.74) is -6.12. The highest BCUT2D eigenvalue weighted by Gasteiger charge is 2.77. The third kappa shape index (κ3) is 6.26. The summed E-state index contributed by atoms with van der Waals surface area (Å²) in [6, 6.07) is 6.79. The Bertz CT molecular complexity index is 1650. The number of allylic oxidation sites excluding steroid dienone is 1. The zero-order valence-corrected chi connectivity index (χ0v) is 30.8. The molecule has 1 heterocycles. The van der Waals surface area contributed by atoms with Crippen LogP contribution in [0, 0.1) is 16.7 Å². The van der Waals surface area contributed by atoms with Crippen molar-refractivity contribution in [2.75, 3.05) is 6.61 Å². The van der Waals surface area contributed by atoms with Crippen molar-refractivity contribution in [2.24, 2.45) is 16.7 Å². The van der Waals surface area contributed by atoms with Gasteiger partial charge in [0, 0.05) is 37.5 Å². The molecule has 1 aliphatic heterocycles. The summed E-state index contributed by atoms with van der Waals surface area (Å²) in [6.07, 6.45) is -9.96. The van der Waals surface area contributed by atoms with Crippen LogP contribution in [0.1, 0.15) is 78.6 Å². The monoisotopic (exact) mass is 729 g/mol. The SMILES string of the molecule is CC(=O)N[C@@H](C=C(C)C)[C@@H](O)C(=O)O[C@H]1C[C@@]2(O)[C@@H](OC(=O)c3ccccc3)[C@@H]3[C@]4(OC(C)=O)CO[C@@H]4C[C@H](O)[C@@]3(C)[C@H](O)[C@H](O)C(=C1C)C2(C)C. The van der Waals surface area contributed by atoms with E-state index in [1.807, 2.05) is 0 Å². The largest absolute Gasteiger partial charge is 0.456 e. The topological polar surface area (TPSA) is 218 Å². The summed E-state index contributed by atoms with van der Waals surface area (Å²) in [5.74, 6) is -4.67. The van der Waals surface area contributed by atoms with Crippen molar-refractivity contribution < 1.29 is 63.7 Å². The second-order valence-electron chi connectivity index (χ2n) is 15.7. The average molecular weight is 730 g/mol. The predicted molar refractivity (Wildman–Crippen MR) is 183 cm³/mol. The Hall–Kier alpha value is -3.66. The zero-order valence-electron chi connectivity index (χ0n) is 30.8. The first-order chi connectivity index (χ1) is 24.1. The number of rotatable bonds is 8. The fourth-order valence-corrected chi connectivity index (χ4v) is 9.16. The number of carbonyl (C=O) groups is 4. The zero-order chi connectivity index (χ0) is 38.7. The lowest BCUT2D eigenvalue weighted by molar-refractivity contribution is -0.365. The van der Waals surface area contributed by atoms with Gasteiger partial charge in [-0.3, -0.25) is 9.59 Å². The quantitative estimate of drug-likeness (QED) is 0.126. The fraction of sp³-hybridized carbons (Fsp3) is 0.632. The molecule has 3 aliphatic carbocycles. The van der Waals surface area contributed by atoms with E-state index in [1.54, 1.807) is 52.8 Å². The maximum Gasteiger partial charge on any atom is 0.338 e. The maximum atomic E-state index is 14.0. The van der Waals surface area contributed by atoms with Crippen LogP contribution in [-0.2, 0) is 33.3 Å². The number of amides is 1. The van der Waals surface area contributed by atoms with E-state index < -0.39 is 107 Å². The Morgan fingerprint density at radius 2 is 1.63 bits per heavy atom. The van der Waals surface area contributed by atoms with Gasteiger partial charge in [0.2, 0.25) is 5.91 Å². The minimum Gasteiger partial charge on any atom is -0.456 e. The molecular weight excluding hydrogens is 678 g/mol. The van der Waals surface area contributed by atoms with Crippen molar-refractivity contribution in [1.29, 1.82) is 0 Å². The molecule has 286 valence electrons. The summed E-state index contributed by atoms with van der Waals surface area (Å²) < 4.78 is 24.0. The minimum atomic E-state index is -2.27. The number of benzene rings is 1. The van der Waals surface area contributed by atoms with E-state index in [0.29, 0.717) is 5.57 Å². The highest BCUT2D eigenvalue weighted by Crippen LogP contribution is 2.65. The second-order valence-corrected chi connectivity index (χ2v) is 15.7. The molecule has 1 saturated heterocycles. The molecule has 14 heteroatoms. The van der Waals surface area contributed by atoms with Crippen molar-refractivity contribution in [1.82, 2.24) is 5.32 Å². The molecule has 52 heavy (non-hydrogen) atoms. The Morgan fingerprint density at radius 3 is 2.17 bits per heavy atom. The van der Waals surface area contributed by atoms with Gasteiger partial charge >= 0.3 is 17.9 Å². The van der Waals surface area contributed by atoms with Gasteiger partial charge in [-0.2, -0.15) is 0 Å². The molecule has 0 unspecified atom stereocenters. The van der Waals surface area contributed by atoms with Gasteiger partial charge in [0.15, 0.2) is 11.7 Å². The first-order valence-electron chi connectivity index (χ1n) is 17.5. The molecule has 2 saturated carbocycles. The van der Waals surface area contributed by atoms with Crippen molar-refractivity contribution in [2.45, 2.75) is 128 Å². The maximum absolute atomic E-state index is 14.0. The minimum absolute atomic E-state index is 0.0601. The number of carbonyl (C=O) groups excluding carboxylic acids is 4. The Labute approximate surface area is 302 Å². The molecule has 4 aliphatic rings. The van der Waals surface area contributed by atoms with Crippen LogP contribution >= 0.6 is 0 Å². The van der Waals surface area contributed by atoms with Gasteiger partial charge in [-0.1, -0.05) is 50.6 Å². The van der Waals surface area contributed by atoms with E-state index in [1.165, 1.54) is 39.0 Å². The van der Waals surface area contributed by atoms with E-state index in [0.717, 1.165) is 0 Å². The lowest BCUT2D eigenvalue weighted by Crippen LogP contribution is -2.82. The fourth-order valence-electron chi connectivity index (χ4n) is 9.16. The summed E-state index contributed by atoms with van der Waals surface area (Å²) >= 11 is 0. The van der Waals surface area contributed by atoms with Crippen molar-refractivity contribution >= 4 is 23.8 Å². The molecule has 1 amide bonds. The Kier molecular flexibility index (Phi) is 10.6. The van der Waals surface area contributed by atoms with Crippen LogP contribution < -0.4 is 5.32 Å². The highest BCUT2D eigenvalue weighted by atomic mass is 16.6. The van der Waals surface area contributed by atoms with Crippen LogP contribution in [0.2, 0.25) is 0 Å². The Balaban J connectivity index is 1.72.